The van der Waals surface area contributed by atoms with Crippen molar-refractivity contribution in [3.8, 4) is 0 Å². The molecule has 1 aliphatic carbocycles. The van der Waals surface area contributed by atoms with Gasteiger partial charge in [-0.2, -0.15) is 0 Å². The van der Waals surface area contributed by atoms with Crippen LogP contribution in [0, 0.1) is 0 Å². The Labute approximate surface area is 111 Å². The van der Waals surface area contributed by atoms with Crippen molar-refractivity contribution in [1.29, 1.82) is 0 Å². The second-order valence-corrected chi connectivity index (χ2v) is 3.45. The van der Waals surface area contributed by atoms with Gasteiger partial charge in [0.05, 0.1) is 13.2 Å². The number of aliphatic hydroxyl groups is 1. The van der Waals surface area contributed by atoms with Crippen LogP contribution in [0.2, 0.25) is 0 Å². The number of carbonyl (C=O) groups is 3. The molecule has 0 aromatic rings. The minimum atomic E-state index is -0.357. The number of ether oxygens (including phenoxy) is 1. The van der Waals surface area contributed by atoms with E-state index in [4.69, 9.17) is 14.6 Å². The zero-order valence-electron chi connectivity index (χ0n) is 10.7. The van der Waals surface area contributed by atoms with Gasteiger partial charge < -0.3 is 20.1 Å². The number of hydrogen-bond donors (Lipinski definition) is 2. The van der Waals surface area contributed by atoms with E-state index in [0.29, 0.717) is 19.3 Å². The monoisotopic (exact) mass is 273 g/mol. The van der Waals surface area contributed by atoms with Gasteiger partial charge in [0.1, 0.15) is 12.5 Å². The number of allylic oxidation sites excluding steroid dienone is 1. The molecule has 7 nitrogen and oxygen atoms in total. The molecule has 19 heavy (non-hydrogen) atoms. The summed E-state index contributed by atoms with van der Waals surface area (Å²) >= 11 is 0. The molecular weight excluding hydrogens is 254 g/mol. The van der Waals surface area contributed by atoms with Gasteiger partial charge in [-0.15, -0.1) is 0 Å². The summed E-state index contributed by atoms with van der Waals surface area (Å²) in [6, 6.07) is 0. The van der Waals surface area contributed by atoms with Crippen LogP contribution >= 0.6 is 0 Å². The van der Waals surface area contributed by atoms with Gasteiger partial charge in [-0.25, -0.2) is 0 Å². The molecule has 7 heteroatoms. The van der Waals surface area contributed by atoms with Gasteiger partial charge >= 0.3 is 0 Å². The van der Waals surface area contributed by atoms with Crippen LogP contribution in [0.3, 0.4) is 0 Å². The van der Waals surface area contributed by atoms with Crippen LogP contribution in [0.5, 0.6) is 0 Å². The van der Waals surface area contributed by atoms with E-state index >= 15 is 0 Å². The first-order chi connectivity index (χ1) is 8.61. The highest BCUT2D eigenvalue weighted by Crippen LogP contribution is 2.09. The second kappa shape index (κ2) is 11.1. The van der Waals surface area contributed by atoms with E-state index in [-0.39, 0.29) is 23.4 Å². The molecule has 1 fully saturated rings. The molecule has 2 amide bonds. The SMILES string of the molecule is C=O.COC1=CC(O)CC=C1.O.O=C1CCC(=O)N1. The molecule has 0 bridgehead atoms. The molecule has 0 radical (unpaired) electrons. The lowest BCUT2D eigenvalue weighted by molar-refractivity contribution is -0.124. The van der Waals surface area contributed by atoms with Crippen molar-refractivity contribution in [2.24, 2.45) is 0 Å². The lowest BCUT2D eigenvalue weighted by Crippen LogP contribution is -2.18. The number of rotatable bonds is 1. The van der Waals surface area contributed by atoms with Crippen molar-refractivity contribution in [3.05, 3.63) is 24.0 Å². The first kappa shape index (κ1) is 19.4. The number of hydrogen-bond acceptors (Lipinski definition) is 5. The van der Waals surface area contributed by atoms with E-state index < -0.39 is 0 Å². The Bertz CT molecular complexity index is 336. The molecule has 108 valence electrons. The average molecular weight is 273 g/mol. The zero-order chi connectivity index (χ0) is 14.0. The molecule has 1 aliphatic heterocycles. The fourth-order valence-corrected chi connectivity index (χ4v) is 1.28. The highest BCUT2D eigenvalue weighted by Gasteiger charge is 2.15. The minimum absolute atomic E-state index is 0. The molecule has 1 unspecified atom stereocenters. The van der Waals surface area contributed by atoms with E-state index in [1.165, 1.54) is 0 Å². The highest BCUT2D eigenvalue weighted by molar-refractivity contribution is 6.01. The van der Waals surface area contributed by atoms with Crippen LogP contribution in [0.15, 0.2) is 24.0 Å². The summed E-state index contributed by atoms with van der Waals surface area (Å²) in [4.78, 5) is 28.2. The van der Waals surface area contributed by atoms with Crippen LogP contribution in [-0.4, -0.2) is 42.4 Å². The van der Waals surface area contributed by atoms with Gasteiger partial charge in [0.25, 0.3) is 0 Å². The van der Waals surface area contributed by atoms with Gasteiger partial charge in [-0.1, -0.05) is 6.08 Å². The molecule has 2 aliphatic rings. The summed E-state index contributed by atoms with van der Waals surface area (Å²) in [6.45, 7) is 2.00. The van der Waals surface area contributed by atoms with E-state index in [1.807, 2.05) is 18.9 Å². The van der Waals surface area contributed by atoms with Crippen molar-refractivity contribution >= 4 is 18.6 Å². The molecule has 0 aromatic heterocycles. The third-order valence-electron chi connectivity index (χ3n) is 2.11. The van der Waals surface area contributed by atoms with Crippen molar-refractivity contribution in [2.75, 3.05) is 7.11 Å². The molecule has 1 heterocycles. The Hall–Kier alpha value is -1.99. The van der Waals surface area contributed by atoms with Crippen molar-refractivity contribution in [2.45, 2.75) is 25.4 Å². The third kappa shape index (κ3) is 8.70. The second-order valence-electron chi connectivity index (χ2n) is 3.45. The Balaban J connectivity index is 0. The maximum absolute atomic E-state index is 10.1. The minimum Gasteiger partial charge on any atom is -0.497 e. The Kier molecular flexibility index (Phi) is 11.3. The summed E-state index contributed by atoms with van der Waals surface area (Å²) in [5.74, 6) is 0.448. The van der Waals surface area contributed by atoms with Gasteiger partial charge in [0, 0.05) is 12.8 Å². The standard InChI is InChI=1S/C7H10O2.C4H5NO2.CH2O.H2O/c1-9-7-4-2-3-6(8)5-7;6-3-1-2-4(7)5-3;1-2;/h2,4-6,8H,3H2,1H3;1-2H2,(H,5,6,7);1H2;1H2. The topological polar surface area (TPSA) is 124 Å². The van der Waals surface area contributed by atoms with E-state index in [9.17, 15) is 9.59 Å². The van der Waals surface area contributed by atoms with Gasteiger partial charge in [0.2, 0.25) is 11.8 Å². The van der Waals surface area contributed by atoms with Crippen molar-refractivity contribution < 1.29 is 29.7 Å². The number of carbonyl (C=O) groups excluding carboxylic acids is 3. The maximum Gasteiger partial charge on any atom is 0.227 e. The molecule has 0 saturated carbocycles. The normalized spacial score (nSPS) is 19.7. The molecule has 0 aromatic carbocycles. The first-order valence-corrected chi connectivity index (χ1v) is 5.34. The van der Waals surface area contributed by atoms with Crippen LogP contribution in [-0.2, 0) is 19.1 Å². The Morgan fingerprint density at radius 2 is 1.84 bits per heavy atom. The predicted molar refractivity (Wildman–Crippen MR) is 68.0 cm³/mol. The van der Waals surface area contributed by atoms with E-state index in [1.54, 1.807) is 13.2 Å². The largest absolute Gasteiger partial charge is 0.497 e. The number of imide groups is 1. The third-order valence-corrected chi connectivity index (χ3v) is 2.11. The highest BCUT2D eigenvalue weighted by atomic mass is 16.5. The van der Waals surface area contributed by atoms with Crippen LogP contribution in [0.1, 0.15) is 19.3 Å². The molecule has 4 N–H and O–H groups in total. The van der Waals surface area contributed by atoms with Crippen molar-refractivity contribution in [3.63, 3.8) is 0 Å². The average Bonchev–Trinajstić information content (AvgIpc) is 2.76. The zero-order valence-corrected chi connectivity index (χ0v) is 10.7. The maximum atomic E-state index is 10.1. The molecule has 0 spiro atoms. The fourth-order valence-electron chi connectivity index (χ4n) is 1.28. The lowest BCUT2D eigenvalue weighted by Gasteiger charge is -2.09. The van der Waals surface area contributed by atoms with Gasteiger partial charge in [-0.05, 0) is 18.6 Å². The smallest absolute Gasteiger partial charge is 0.227 e. The first-order valence-electron chi connectivity index (χ1n) is 5.34. The van der Waals surface area contributed by atoms with E-state index in [0.717, 1.165) is 5.76 Å². The van der Waals surface area contributed by atoms with Gasteiger partial charge in [0.15, 0.2) is 0 Å². The summed E-state index contributed by atoms with van der Waals surface area (Å²) in [6.07, 6.45) is 6.53. The number of aliphatic hydroxyl groups excluding tert-OH is 1. The predicted octanol–water partition coefficient (Wildman–Crippen LogP) is -0.749. The summed E-state index contributed by atoms with van der Waals surface area (Å²) in [5.41, 5.74) is 0. The number of amides is 2. The number of methoxy groups -OCH3 is 1. The van der Waals surface area contributed by atoms with Crippen LogP contribution in [0.4, 0.5) is 0 Å². The van der Waals surface area contributed by atoms with Crippen LogP contribution in [0.25, 0.3) is 0 Å². The molecular formula is C12H19NO6. The summed E-state index contributed by atoms with van der Waals surface area (Å²) < 4.78 is 4.88. The number of nitrogens with one attached hydrogen (secondary N) is 1. The molecule has 2 rings (SSSR count). The van der Waals surface area contributed by atoms with Crippen molar-refractivity contribution in [1.82, 2.24) is 5.32 Å². The Morgan fingerprint density at radius 1 is 1.32 bits per heavy atom. The van der Waals surface area contributed by atoms with Gasteiger partial charge in [-0.3, -0.25) is 14.9 Å². The van der Waals surface area contributed by atoms with E-state index in [2.05, 4.69) is 5.32 Å². The fraction of sp³-hybridized carbons (Fsp3) is 0.417. The van der Waals surface area contributed by atoms with Crippen LogP contribution < -0.4 is 5.32 Å². The molecule has 1 saturated heterocycles. The molecule has 1 atom stereocenters. The lowest BCUT2D eigenvalue weighted by atomic mass is 10.1. The summed E-state index contributed by atoms with van der Waals surface area (Å²) in [5, 5.41) is 11.1. The Morgan fingerprint density at radius 3 is 2.11 bits per heavy atom. The summed E-state index contributed by atoms with van der Waals surface area (Å²) in [7, 11) is 1.59. The quantitative estimate of drug-likeness (QED) is 0.608.